The van der Waals surface area contributed by atoms with E-state index in [4.69, 9.17) is 9.47 Å². The standard InChI is InChI=1S/C41H70O5/c1-3-5-7-9-11-13-15-17-19-20-22-24-26-28-30-32-34-36-41(44)46-39(37-42)38-45-40(43)35-33-31-29-27-25-23-21-18-16-14-12-10-8-6-4-2/h5,7,11,13,17-19,21-22,24,39,42H,3-4,6,8-10,12,14-16,20,23,25-38H2,1-2H3. The summed E-state index contributed by atoms with van der Waals surface area (Å²) in [7, 11) is 0. The van der Waals surface area contributed by atoms with Gasteiger partial charge >= 0.3 is 11.9 Å². The number of carbonyl (C=O) groups is 2. The Morgan fingerprint density at radius 1 is 0.522 bits per heavy atom. The maximum absolute atomic E-state index is 12.1. The number of unbranched alkanes of at least 4 members (excludes halogenated alkanes) is 15. The first-order chi connectivity index (χ1) is 22.6. The van der Waals surface area contributed by atoms with Gasteiger partial charge in [-0.05, 0) is 77.0 Å². The highest BCUT2D eigenvalue weighted by molar-refractivity contribution is 5.70. The minimum Gasteiger partial charge on any atom is -0.462 e. The molecule has 0 aromatic rings. The van der Waals surface area contributed by atoms with Gasteiger partial charge in [0, 0.05) is 12.8 Å². The molecule has 5 heteroatoms. The van der Waals surface area contributed by atoms with Crippen molar-refractivity contribution in [3.05, 3.63) is 60.8 Å². The van der Waals surface area contributed by atoms with Crippen molar-refractivity contribution >= 4 is 11.9 Å². The number of hydrogen-bond acceptors (Lipinski definition) is 5. The molecule has 0 aliphatic carbocycles. The van der Waals surface area contributed by atoms with Crippen LogP contribution in [-0.4, -0.2) is 36.4 Å². The third kappa shape index (κ3) is 34.5. The molecule has 1 unspecified atom stereocenters. The molecule has 0 saturated carbocycles. The second-order valence-electron chi connectivity index (χ2n) is 12.3. The molecule has 0 aromatic heterocycles. The Morgan fingerprint density at radius 2 is 0.935 bits per heavy atom. The van der Waals surface area contributed by atoms with E-state index in [1.807, 2.05) is 0 Å². The zero-order chi connectivity index (χ0) is 33.6. The van der Waals surface area contributed by atoms with E-state index in [9.17, 15) is 14.7 Å². The van der Waals surface area contributed by atoms with E-state index in [1.54, 1.807) is 0 Å². The molecule has 0 spiro atoms. The minimum atomic E-state index is -0.788. The highest BCUT2D eigenvalue weighted by Crippen LogP contribution is 2.11. The predicted octanol–water partition coefficient (Wildman–Crippen LogP) is 11.6. The average Bonchev–Trinajstić information content (AvgIpc) is 3.06. The van der Waals surface area contributed by atoms with Gasteiger partial charge < -0.3 is 14.6 Å². The Labute approximate surface area is 283 Å². The lowest BCUT2D eigenvalue weighted by atomic mass is 10.1. The summed E-state index contributed by atoms with van der Waals surface area (Å²) in [6.45, 7) is 3.98. The van der Waals surface area contributed by atoms with Crippen LogP contribution in [0.5, 0.6) is 0 Å². The molecule has 0 radical (unpaired) electrons. The van der Waals surface area contributed by atoms with E-state index in [0.717, 1.165) is 83.5 Å². The fraction of sp³-hybridized carbons (Fsp3) is 0.707. The zero-order valence-corrected chi connectivity index (χ0v) is 29.8. The number of aliphatic hydroxyl groups is 1. The first-order valence-electron chi connectivity index (χ1n) is 18.8. The van der Waals surface area contributed by atoms with E-state index in [-0.39, 0.29) is 25.2 Å². The number of aliphatic hydroxyl groups excluding tert-OH is 1. The van der Waals surface area contributed by atoms with Gasteiger partial charge in [0.25, 0.3) is 0 Å². The Morgan fingerprint density at radius 3 is 1.43 bits per heavy atom. The molecule has 0 amide bonds. The lowest BCUT2D eigenvalue weighted by molar-refractivity contribution is -0.161. The van der Waals surface area contributed by atoms with Crippen LogP contribution < -0.4 is 0 Å². The van der Waals surface area contributed by atoms with Gasteiger partial charge in [-0.2, -0.15) is 0 Å². The molecule has 0 saturated heterocycles. The maximum Gasteiger partial charge on any atom is 0.306 e. The highest BCUT2D eigenvalue weighted by Gasteiger charge is 2.16. The zero-order valence-electron chi connectivity index (χ0n) is 29.8. The SMILES string of the molecule is CCC=CCC=CCC=CCC=CCCCCCCC(=O)OC(CO)COC(=O)CCCCCCCC=CCCCCCCCC. The molecule has 1 N–H and O–H groups in total. The van der Waals surface area contributed by atoms with Crippen LogP contribution in [0.15, 0.2) is 60.8 Å². The van der Waals surface area contributed by atoms with Gasteiger partial charge in [0.15, 0.2) is 6.10 Å². The number of carbonyl (C=O) groups excluding carboxylic acids is 2. The van der Waals surface area contributed by atoms with Crippen LogP contribution in [0, 0.1) is 0 Å². The van der Waals surface area contributed by atoms with E-state index in [2.05, 4.69) is 74.6 Å². The quantitative estimate of drug-likeness (QED) is 0.0438. The average molecular weight is 643 g/mol. The van der Waals surface area contributed by atoms with Crippen LogP contribution in [0.2, 0.25) is 0 Å². The van der Waals surface area contributed by atoms with Crippen LogP contribution in [-0.2, 0) is 19.1 Å². The fourth-order valence-corrected chi connectivity index (χ4v) is 4.95. The molecule has 0 aliphatic heterocycles. The Hall–Kier alpha value is -2.40. The molecule has 0 bridgehead atoms. The second kappa shape index (κ2) is 37.1. The van der Waals surface area contributed by atoms with Crippen molar-refractivity contribution in [3.8, 4) is 0 Å². The maximum atomic E-state index is 12.1. The van der Waals surface area contributed by atoms with Crippen LogP contribution in [0.4, 0.5) is 0 Å². The minimum absolute atomic E-state index is 0.0823. The van der Waals surface area contributed by atoms with Crippen molar-refractivity contribution in [1.29, 1.82) is 0 Å². The summed E-state index contributed by atoms with van der Waals surface area (Å²) in [5, 5.41) is 9.54. The summed E-state index contributed by atoms with van der Waals surface area (Å²) in [6, 6.07) is 0. The van der Waals surface area contributed by atoms with Gasteiger partial charge in [-0.25, -0.2) is 0 Å². The molecule has 0 aliphatic rings. The third-order valence-corrected chi connectivity index (χ3v) is 7.80. The lowest BCUT2D eigenvalue weighted by Gasteiger charge is -2.15. The summed E-state index contributed by atoms with van der Waals surface area (Å²) in [6.07, 6.45) is 47.0. The van der Waals surface area contributed by atoms with Crippen molar-refractivity contribution < 1.29 is 24.2 Å². The van der Waals surface area contributed by atoms with Crippen molar-refractivity contribution in [2.24, 2.45) is 0 Å². The Kier molecular flexibility index (Phi) is 35.1. The summed E-state index contributed by atoms with van der Waals surface area (Å²) < 4.78 is 10.6. The normalized spacial score (nSPS) is 12.8. The molecule has 1 atom stereocenters. The smallest absolute Gasteiger partial charge is 0.306 e. The summed E-state index contributed by atoms with van der Waals surface area (Å²) in [5.74, 6) is -0.633. The molecule has 0 aromatic carbocycles. The van der Waals surface area contributed by atoms with Crippen molar-refractivity contribution in [2.75, 3.05) is 13.2 Å². The number of allylic oxidation sites excluding steroid dienone is 10. The molecule has 264 valence electrons. The van der Waals surface area contributed by atoms with Crippen LogP contribution in [0.3, 0.4) is 0 Å². The van der Waals surface area contributed by atoms with Crippen LogP contribution in [0.25, 0.3) is 0 Å². The van der Waals surface area contributed by atoms with Gasteiger partial charge in [0.05, 0.1) is 6.61 Å². The van der Waals surface area contributed by atoms with E-state index in [1.165, 1.54) is 57.8 Å². The predicted molar refractivity (Wildman–Crippen MR) is 196 cm³/mol. The van der Waals surface area contributed by atoms with Crippen LogP contribution >= 0.6 is 0 Å². The van der Waals surface area contributed by atoms with Gasteiger partial charge in [-0.3, -0.25) is 9.59 Å². The van der Waals surface area contributed by atoms with Crippen molar-refractivity contribution in [1.82, 2.24) is 0 Å². The van der Waals surface area contributed by atoms with Gasteiger partial charge in [0.1, 0.15) is 6.61 Å². The Bertz CT molecular complexity index is 823. The molecule has 0 fully saturated rings. The largest absolute Gasteiger partial charge is 0.462 e. The van der Waals surface area contributed by atoms with Gasteiger partial charge in [-0.15, -0.1) is 0 Å². The third-order valence-electron chi connectivity index (χ3n) is 7.80. The fourth-order valence-electron chi connectivity index (χ4n) is 4.95. The second-order valence-corrected chi connectivity index (χ2v) is 12.3. The number of hydrogen-bond donors (Lipinski definition) is 1. The molecular formula is C41H70O5. The summed E-state index contributed by atoms with van der Waals surface area (Å²) in [5.41, 5.74) is 0. The van der Waals surface area contributed by atoms with E-state index < -0.39 is 6.10 Å². The lowest BCUT2D eigenvalue weighted by Crippen LogP contribution is -2.28. The monoisotopic (exact) mass is 643 g/mol. The first-order valence-corrected chi connectivity index (χ1v) is 18.8. The number of esters is 2. The number of ether oxygens (including phenoxy) is 2. The summed E-state index contributed by atoms with van der Waals surface area (Å²) >= 11 is 0. The molecule has 0 rings (SSSR count). The molecule has 46 heavy (non-hydrogen) atoms. The van der Waals surface area contributed by atoms with E-state index in [0.29, 0.717) is 12.8 Å². The number of rotatable bonds is 33. The van der Waals surface area contributed by atoms with Crippen molar-refractivity contribution in [2.45, 2.75) is 174 Å². The topological polar surface area (TPSA) is 72.8 Å². The molecule has 5 nitrogen and oxygen atoms in total. The molecule has 0 heterocycles. The van der Waals surface area contributed by atoms with E-state index >= 15 is 0 Å². The molecular weight excluding hydrogens is 572 g/mol. The van der Waals surface area contributed by atoms with Crippen LogP contribution in [0.1, 0.15) is 168 Å². The van der Waals surface area contributed by atoms with Gasteiger partial charge in [0.2, 0.25) is 0 Å². The first kappa shape index (κ1) is 43.6. The highest BCUT2D eigenvalue weighted by atomic mass is 16.6. The summed E-state index contributed by atoms with van der Waals surface area (Å²) in [4.78, 5) is 24.2. The van der Waals surface area contributed by atoms with Gasteiger partial charge in [-0.1, -0.05) is 139 Å². The van der Waals surface area contributed by atoms with Crippen molar-refractivity contribution in [3.63, 3.8) is 0 Å². The Balaban J connectivity index is 3.65.